The van der Waals surface area contributed by atoms with Gasteiger partial charge in [0.25, 0.3) is 0 Å². The van der Waals surface area contributed by atoms with E-state index in [1.54, 1.807) is 0 Å². The predicted octanol–water partition coefficient (Wildman–Crippen LogP) is 5.20. The Kier molecular flexibility index (Phi) is 19.3. The number of nitrogens with one attached hydrogen (secondary N) is 1. The highest BCUT2D eigenvalue weighted by Crippen LogP contribution is 2.45. The third-order valence-corrected chi connectivity index (χ3v) is 5.34. The second-order valence-corrected chi connectivity index (χ2v) is 9.10. The minimum absolute atomic E-state index is 0.144. The predicted molar refractivity (Wildman–Crippen MR) is 124 cm³/mol. The van der Waals surface area contributed by atoms with Crippen molar-refractivity contribution in [1.82, 2.24) is 5.32 Å². The Bertz CT molecular complexity index is 485. The summed E-state index contributed by atoms with van der Waals surface area (Å²) in [6.45, 7) is 2.01. The van der Waals surface area contributed by atoms with E-state index in [2.05, 4.69) is 34.8 Å². The van der Waals surface area contributed by atoms with Crippen molar-refractivity contribution in [3.63, 3.8) is 0 Å². The van der Waals surface area contributed by atoms with E-state index in [-0.39, 0.29) is 18.9 Å². The number of amides is 1. The van der Waals surface area contributed by atoms with E-state index >= 15 is 0 Å². The lowest BCUT2D eigenvalue weighted by molar-refractivity contribution is -0.122. The lowest BCUT2D eigenvalue weighted by Crippen LogP contribution is -2.37. The molecular formula is C23H43NO5P+. The van der Waals surface area contributed by atoms with Crippen molar-refractivity contribution in [3.8, 4) is 12.3 Å². The second-order valence-electron chi connectivity index (χ2n) is 7.82. The molecule has 0 rings (SSSR count). The maximum Gasteiger partial charge on any atom is 0.567 e. The number of rotatable bonds is 20. The maximum absolute atomic E-state index is 12.0. The van der Waals surface area contributed by atoms with Gasteiger partial charge in [0.15, 0.2) is 0 Å². The first kappa shape index (κ1) is 29.0. The van der Waals surface area contributed by atoms with Crippen molar-refractivity contribution < 1.29 is 24.0 Å². The van der Waals surface area contributed by atoms with Crippen molar-refractivity contribution in [3.05, 3.63) is 12.2 Å². The van der Waals surface area contributed by atoms with Crippen LogP contribution >= 0.6 is 8.17 Å². The molecule has 0 aromatic carbocycles. The highest BCUT2D eigenvalue weighted by molar-refractivity contribution is 7.53. The third-order valence-electron chi connectivity index (χ3n) is 4.84. The number of hydrogen-bond donors (Lipinski definition) is 4. The first-order valence-electron chi connectivity index (χ1n) is 11.5. The summed E-state index contributed by atoms with van der Waals surface area (Å²) in [4.78, 5) is 38.5. The van der Waals surface area contributed by atoms with Gasteiger partial charge in [0.1, 0.15) is 6.61 Å². The Labute approximate surface area is 184 Å². The first-order valence-corrected chi connectivity index (χ1v) is 13.0. The lowest BCUT2D eigenvalue weighted by atomic mass is 10.1. The van der Waals surface area contributed by atoms with E-state index in [0.717, 1.165) is 25.7 Å². The zero-order chi connectivity index (χ0) is 22.5. The van der Waals surface area contributed by atoms with Crippen LogP contribution in [0.15, 0.2) is 12.2 Å². The summed E-state index contributed by atoms with van der Waals surface area (Å²) in [5, 5.41) is 2.71. The molecule has 0 saturated carbocycles. The van der Waals surface area contributed by atoms with Crippen LogP contribution in [-0.4, -0.2) is 33.2 Å². The zero-order valence-corrected chi connectivity index (χ0v) is 19.6. The van der Waals surface area contributed by atoms with E-state index in [0.29, 0.717) is 6.42 Å². The van der Waals surface area contributed by atoms with Crippen molar-refractivity contribution in [1.29, 1.82) is 0 Å². The summed E-state index contributed by atoms with van der Waals surface area (Å²) in [5.74, 6) is 2.25. The molecule has 0 aliphatic heterocycles. The highest BCUT2D eigenvalue weighted by atomic mass is 31.2. The topological polar surface area (TPSA) is 99.0 Å². The molecule has 6 nitrogen and oxygen atoms in total. The van der Waals surface area contributed by atoms with Gasteiger partial charge in [0, 0.05) is 12.8 Å². The fourth-order valence-electron chi connectivity index (χ4n) is 3.14. The Morgan fingerprint density at radius 1 is 0.967 bits per heavy atom. The number of carbonyl (C=O) groups is 1. The Balaban J connectivity index is 3.59. The molecule has 0 aromatic rings. The molecule has 174 valence electrons. The fourth-order valence-corrected chi connectivity index (χ4v) is 3.52. The molecule has 1 amide bonds. The van der Waals surface area contributed by atoms with E-state index in [4.69, 9.17) is 21.1 Å². The van der Waals surface area contributed by atoms with Gasteiger partial charge >= 0.3 is 8.17 Å². The molecule has 7 heteroatoms. The molecule has 0 radical (unpaired) electrons. The number of hydrogen-bond acceptors (Lipinski definition) is 5. The molecule has 0 saturated heterocycles. The van der Waals surface area contributed by atoms with Crippen LogP contribution in [0.25, 0.3) is 0 Å². The molecule has 0 unspecified atom stereocenters. The van der Waals surface area contributed by atoms with Crippen LogP contribution in [0.1, 0.15) is 103 Å². The average molecular weight is 445 g/mol. The molecule has 0 spiro atoms. The monoisotopic (exact) mass is 444 g/mol. The van der Waals surface area contributed by atoms with E-state index in [9.17, 15) is 4.79 Å². The molecule has 0 bridgehead atoms. The van der Waals surface area contributed by atoms with Crippen LogP contribution < -0.4 is 5.32 Å². The molecule has 0 aliphatic carbocycles. The summed E-state index contributed by atoms with van der Waals surface area (Å²) < 4.78 is 4.54. The van der Waals surface area contributed by atoms with Crippen LogP contribution in [0.4, 0.5) is 0 Å². The maximum atomic E-state index is 12.0. The van der Waals surface area contributed by atoms with Crippen molar-refractivity contribution >= 4 is 14.1 Å². The normalized spacial score (nSPS) is 12.8. The standard InChI is InChI=1S/C23H42NO5P/c1-3-5-6-7-8-9-10-11-12-13-14-15-16-17-18-20-23(25)24-22(19-4-2)21-29-30(26,27)28/h2,11-12,22,26-28H,3,5-10,13-21H2,1H3/p+1/b12-11-/t22-/m0/s1. The minimum Gasteiger partial charge on any atom is -0.350 e. The number of unbranched alkanes of at least 4 members (excludes halogenated alkanes) is 11. The second kappa shape index (κ2) is 20.0. The van der Waals surface area contributed by atoms with Crippen LogP contribution in [-0.2, 0) is 9.32 Å². The quantitative estimate of drug-likeness (QED) is 0.0895. The SMILES string of the molecule is C#CC[C@@H](CO[P+](O)(O)O)NC(=O)CCCCCCC/C=C\CCCCCCCC. The van der Waals surface area contributed by atoms with Gasteiger partial charge in [-0.2, -0.15) is 19.2 Å². The molecule has 0 fully saturated rings. The zero-order valence-electron chi connectivity index (χ0n) is 18.7. The van der Waals surface area contributed by atoms with Crippen LogP contribution in [0, 0.1) is 12.3 Å². The van der Waals surface area contributed by atoms with Gasteiger partial charge < -0.3 is 5.32 Å². The smallest absolute Gasteiger partial charge is 0.350 e. The highest BCUT2D eigenvalue weighted by Gasteiger charge is 2.34. The third kappa shape index (κ3) is 21.7. The molecule has 0 aliphatic rings. The summed E-state index contributed by atoms with van der Waals surface area (Å²) in [6.07, 6.45) is 26.1. The van der Waals surface area contributed by atoms with E-state index in [1.165, 1.54) is 57.8 Å². The van der Waals surface area contributed by atoms with Crippen LogP contribution in [0.3, 0.4) is 0 Å². The Morgan fingerprint density at radius 2 is 1.50 bits per heavy atom. The van der Waals surface area contributed by atoms with Gasteiger partial charge in [-0.15, -0.1) is 12.3 Å². The summed E-state index contributed by atoms with van der Waals surface area (Å²) in [7, 11) is -4.31. The largest absolute Gasteiger partial charge is 0.567 e. The number of terminal acetylenes is 1. The molecule has 30 heavy (non-hydrogen) atoms. The van der Waals surface area contributed by atoms with Crippen LogP contribution in [0.2, 0.25) is 0 Å². The summed E-state index contributed by atoms with van der Waals surface area (Å²) in [5.41, 5.74) is 0. The van der Waals surface area contributed by atoms with Gasteiger partial charge in [0.2, 0.25) is 5.91 Å². The Morgan fingerprint density at radius 3 is 2.03 bits per heavy atom. The first-order chi connectivity index (χ1) is 14.4. The van der Waals surface area contributed by atoms with Gasteiger partial charge in [-0.25, -0.2) is 0 Å². The number of allylic oxidation sites excluding steroid dienone is 2. The fraction of sp³-hybridized carbons (Fsp3) is 0.783. The molecule has 0 heterocycles. The minimum atomic E-state index is -4.31. The van der Waals surface area contributed by atoms with Crippen molar-refractivity contribution in [2.45, 2.75) is 109 Å². The summed E-state index contributed by atoms with van der Waals surface area (Å²) >= 11 is 0. The summed E-state index contributed by atoms with van der Waals surface area (Å²) in [6, 6.07) is -0.545. The van der Waals surface area contributed by atoms with Gasteiger partial charge in [0.05, 0.1) is 6.04 Å². The van der Waals surface area contributed by atoms with Crippen molar-refractivity contribution in [2.75, 3.05) is 6.61 Å². The van der Waals surface area contributed by atoms with Crippen molar-refractivity contribution in [2.24, 2.45) is 0 Å². The Hall–Kier alpha value is -0.960. The van der Waals surface area contributed by atoms with Crippen LogP contribution in [0.5, 0.6) is 0 Å². The van der Waals surface area contributed by atoms with Gasteiger partial charge in [-0.1, -0.05) is 70.4 Å². The van der Waals surface area contributed by atoms with E-state index in [1.807, 2.05) is 0 Å². The molecular weight excluding hydrogens is 401 g/mol. The average Bonchev–Trinajstić information content (AvgIpc) is 2.68. The molecule has 4 N–H and O–H groups in total. The van der Waals surface area contributed by atoms with E-state index < -0.39 is 14.2 Å². The lowest BCUT2D eigenvalue weighted by Gasteiger charge is -2.15. The van der Waals surface area contributed by atoms with Gasteiger partial charge in [-0.3, -0.25) is 4.79 Å². The van der Waals surface area contributed by atoms with Gasteiger partial charge in [-0.05, 0) is 32.1 Å². The number of carbonyl (C=O) groups excluding carboxylic acids is 1. The molecule has 0 aromatic heterocycles. The molecule has 1 atom stereocenters.